The first-order valence-corrected chi connectivity index (χ1v) is 7.81. The van der Waals surface area contributed by atoms with Gasteiger partial charge in [0.25, 0.3) is 0 Å². The van der Waals surface area contributed by atoms with Crippen molar-refractivity contribution >= 4 is 29.2 Å². The highest BCUT2D eigenvalue weighted by molar-refractivity contribution is 5.86. The van der Waals surface area contributed by atoms with Crippen molar-refractivity contribution in [3.8, 4) is 0 Å². The van der Waals surface area contributed by atoms with Crippen molar-refractivity contribution in [1.82, 2.24) is 9.88 Å². The smallest absolute Gasteiger partial charge is 0.239 e. The van der Waals surface area contributed by atoms with Gasteiger partial charge in [-0.15, -0.1) is 12.4 Å². The van der Waals surface area contributed by atoms with Crippen LogP contribution in [-0.4, -0.2) is 48.1 Å². The van der Waals surface area contributed by atoms with Gasteiger partial charge in [0.05, 0.1) is 12.1 Å². The molecular weight excluding hydrogens is 314 g/mol. The number of carbonyl (C=O) groups is 1. The number of carbonyl (C=O) groups excluding carboxylic acids is 1. The third kappa shape index (κ3) is 3.86. The van der Waals surface area contributed by atoms with E-state index in [0.29, 0.717) is 6.42 Å². The number of halogens is 1. The average molecular weight is 338 g/mol. The number of para-hydroxylation sites is 1. The van der Waals surface area contributed by atoms with E-state index in [2.05, 4.69) is 11.1 Å². The number of ether oxygens (including phenoxy) is 1. The molecule has 3 N–H and O–H groups in total. The van der Waals surface area contributed by atoms with Crippen LogP contribution in [0.2, 0.25) is 0 Å². The lowest BCUT2D eigenvalue weighted by molar-refractivity contribution is -0.134. The van der Waals surface area contributed by atoms with E-state index < -0.39 is 6.04 Å². The maximum Gasteiger partial charge on any atom is 0.239 e. The highest BCUT2D eigenvalue weighted by atomic mass is 35.5. The average Bonchev–Trinajstić information content (AvgIpc) is 2.97. The molecule has 6 heteroatoms. The highest BCUT2D eigenvalue weighted by Gasteiger charge is 2.26. The topological polar surface area (TPSA) is 71.3 Å². The summed E-state index contributed by atoms with van der Waals surface area (Å²) in [6, 6.07) is 7.60. The SMILES string of the molecule is COC1CCN(C(=O)[C@@H](N)Cc2c[nH]c3ccccc23)CC1.Cl. The number of nitrogens with two attached hydrogens (primary N) is 1. The Labute approximate surface area is 142 Å². The van der Waals surface area contributed by atoms with Gasteiger partial charge in [-0.25, -0.2) is 0 Å². The Morgan fingerprint density at radius 1 is 1.39 bits per heavy atom. The number of aromatic nitrogens is 1. The third-order valence-corrected chi connectivity index (χ3v) is 4.52. The largest absolute Gasteiger partial charge is 0.381 e. The molecule has 1 aliphatic heterocycles. The van der Waals surface area contributed by atoms with Crippen LogP contribution in [0.5, 0.6) is 0 Å². The third-order valence-electron chi connectivity index (χ3n) is 4.52. The normalized spacial score (nSPS) is 17.0. The molecule has 0 unspecified atom stereocenters. The molecule has 0 aliphatic carbocycles. The molecule has 0 bridgehead atoms. The fourth-order valence-corrected chi connectivity index (χ4v) is 3.17. The lowest BCUT2D eigenvalue weighted by Crippen LogP contribution is -2.49. The first kappa shape index (κ1) is 17.8. The molecule has 1 aromatic heterocycles. The van der Waals surface area contributed by atoms with Gasteiger partial charge in [0.15, 0.2) is 0 Å². The Hall–Kier alpha value is -1.56. The second-order valence-electron chi connectivity index (χ2n) is 5.93. The number of methoxy groups -OCH3 is 1. The van der Waals surface area contributed by atoms with E-state index in [-0.39, 0.29) is 24.4 Å². The van der Waals surface area contributed by atoms with Gasteiger partial charge in [0.1, 0.15) is 0 Å². The highest BCUT2D eigenvalue weighted by Crippen LogP contribution is 2.20. The molecule has 1 aromatic carbocycles. The zero-order chi connectivity index (χ0) is 15.5. The van der Waals surface area contributed by atoms with Crippen LogP contribution in [0.15, 0.2) is 30.5 Å². The Balaban J connectivity index is 0.00000192. The van der Waals surface area contributed by atoms with Crippen LogP contribution in [0.3, 0.4) is 0 Å². The van der Waals surface area contributed by atoms with Crippen LogP contribution in [0.25, 0.3) is 10.9 Å². The maximum absolute atomic E-state index is 12.5. The van der Waals surface area contributed by atoms with E-state index in [4.69, 9.17) is 10.5 Å². The quantitative estimate of drug-likeness (QED) is 0.897. The minimum atomic E-state index is -0.488. The van der Waals surface area contributed by atoms with Crippen molar-refractivity contribution in [3.05, 3.63) is 36.0 Å². The first-order valence-electron chi connectivity index (χ1n) is 7.81. The summed E-state index contributed by atoms with van der Waals surface area (Å²) in [7, 11) is 1.73. The van der Waals surface area contributed by atoms with Crippen LogP contribution < -0.4 is 5.73 Å². The number of hydrogen-bond donors (Lipinski definition) is 2. The predicted octanol–water partition coefficient (Wildman–Crippen LogP) is 2.10. The maximum atomic E-state index is 12.5. The number of fused-ring (bicyclic) bond motifs is 1. The second-order valence-corrected chi connectivity index (χ2v) is 5.93. The predicted molar refractivity (Wildman–Crippen MR) is 93.8 cm³/mol. The zero-order valence-corrected chi connectivity index (χ0v) is 14.1. The number of nitrogens with zero attached hydrogens (tertiary/aromatic N) is 1. The minimum Gasteiger partial charge on any atom is -0.381 e. The molecule has 2 heterocycles. The van der Waals surface area contributed by atoms with Crippen LogP contribution in [0.4, 0.5) is 0 Å². The van der Waals surface area contributed by atoms with E-state index in [0.717, 1.165) is 42.4 Å². The Morgan fingerprint density at radius 3 is 2.78 bits per heavy atom. The van der Waals surface area contributed by atoms with Crippen molar-refractivity contribution in [3.63, 3.8) is 0 Å². The fraction of sp³-hybridized carbons (Fsp3) is 0.471. The van der Waals surface area contributed by atoms with Crippen LogP contribution >= 0.6 is 12.4 Å². The summed E-state index contributed by atoms with van der Waals surface area (Å²) in [5, 5.41) is 1.14. The van der Waals surface area contributed by atoms with E-state index in [1.54, 1.807) is 7.11 Å². The molecule has 1 saturated heterocycles. The summed E-state index contributed by atoms with van der Waals surface area (Å²) in [5.41, 5.74) is 8.34. The van der Waals surface area contributed by atoms with Crippen molar-refractivity contribution in [2.45, 2.75) is 31.4 Å². The molecule has 1 fully saturated rings. The number of H-pyrrole nitrogens is 1. The van der Waals surface area contributed by atoms with Gasteiger partial charge in [-0.1, -0.05) is 18.2 Å². The lowest BCUT2D eigenvalue weighted by Gasteiger charge is -2.32. The molecule has 23 heavy (non-hydrogen) atoms. The molecule has 1 aliphatic rings. The van der Waals surface area contributed by atoms with Crippen LogP contribution in [0.1, 0.15) is 18.4 Å². The van der Waals surface area contributed by atoms with Crippen molar-refractivity contribution in [2.75, 3.05) is 20.2 Å². The van der Waals surface area contributed by atoms with Crippen molar-refractivity contribution in [1.29, 1.82) is 0 Å². The van der Waals surface area contributed by atoms with Gasteiger partial charge in [-0.05, 0) is 30.9 Å². The van der Waals surface area contributed by atoms with E-state index in [9.17, 15) is 4.79 Å². The second kappa shape index (κ2) is 7.81. The Morgan fingerprint density at radius 2 is 2.09 bits per heavy atom. The van der Waals surface area contributed by atoms with E-state index in [1.165, 1.54) is 0 Å². The molecule has 3 rings (SSSR count). The Bertz CT molecular complexity index is 650. The minimum absolute atomic E-state index is 0. The van der Waals surface area contributed by atoms with Crippen LogP contribution in [-0.2, 0) is 16.0 Å². The van der Waals surface area contributed by atoms with Gasteiger partial charge in [-0.3, -0.25) is 4.79 Å². The summed E-state index contributed by atoms with van der Waals surface area (Å²) in [4.78, 5) is 17.6. The van der Waals surface area contributed by atoms with Crippen LogP contribution in [0, 0.1) is 0 Å². The monoisotopic (exact) mass is 337 g/mol. The number of benzene rings is 1. The van der Waals surface area contributed by atoms with E-state index in [1.807, 2.05) is 29.3 Å². The number of rotatable bonds is 4. The molecule has 0 radical (unpaired) electrons. The lowest BCUT2D eigenvalue weighted by atomic mass is 10.0. The number of likely N-dealkylation sites (tertiary alicyclic amines) is 1. The summed E-state index contributed by atoms with van der Waals surface area (Å²) >= 11 is 0. The number of nitrogens with one attached hydrogen (secondary N) is 1. The molecular formula is C17H24ClN3O2. The fourth-order valence-electron chi connectivity index (χ4n) is 3.17. The molecule has 5 nitrogen and oxygen atoms in total. The number of aromatic amines is 1. The van der Waals surface area contributed by atoms with Gasteiger partial charge in [0, 0.05) is 37.3 Å². The summed E-state index contributed by atoms with van der Waals surface area (Å²) in [6.45, 7) is 1.47. The van der Waals surface area contributed by atoms with E-state index >= 15 is 0 Å². The summed E-state index contributed by atoms with van der Waals surface area (Å²) in [5.74, 6) is 0.0415. The molecule has 1 amide bonds. The summed E-state index contributed by atoms with van der Waals surface area (Å²) < 4.78 is 5.34. The van der Waals surface area contributed by atoms with Gasteiger partial charge in [0.2, 0.25) is 5.91 Å². The standard InChI is InChI=1S/C17H23N3O2.ClH/c1-22-13-6-8-20(9-7-13)17(21)15(18)10-12-11-19-16-5-3-2-4-14(12)16;/h2-5,11,13,15,19H,6-10,18H2,1H3;1H/t15-;/m0./s1. The Kier molecular flexibility index (Phi) is 6.04. The molecule has 0 saturated carbocycles. The zero-order valence-electron chi connectivity index (χ0n) is 13.3. The molecule has 1 atom stereocenters. The van der Waals surface area contributed by atoms with Gasteiger partial charge < -0.3 is 20.4 Å². The molecule has 0 spiro atoms. The first-order chi connectivity index (χ1) is 10.7. The molecule has 2 aromatic rings. The van der Waals surface area contributed by atoms with Gasteiger partial charge >= 0.3 is 0 Å². The van der Waals surface area contributed by atoms with Crippen molar-refractivity contribution < 1.29 is 9.53 Å². The number of amides is 1. The molecule has 126 valence electrons. The number of hydrogen-bond acceptors (Lipinski definition) is 3. The van der Waals surface area contributed by atoms with Crippen molar-refractivity contribution in [2.24, 2.45) is 5.73 Å². The summed E-state index contributed by atoms with van der Waals surface area (Å²) in [6.07, 6.45) is 4.57. The van der Waals surface area contributed by atoms with Gasteiger partial charge in [-0.2, -0.15) is 0 Å². The number of piperidine rings is 1.